The van der Waals surface area contributed by atoms with Crippen LogP contribution in [-0.4, -0.2) is 41.9 Å². The highest BCUT2D eigenvalue weighted by atomic mass is 32.2. The number of carbonyl (C=O) groups excluding carboxylic acids is 1. The van der Waals surface area contributed by atoms with Gasteiger partial charge in [0.25, 0.3) is 0 Å². The van der Waals surface area contributed by atoms with Crippen molar-refractivity contribution >= 4 is 21.9 Å². The van der Waals surface area contributed by atoms with Crippen LogP contribution in [0.3, 0.4) is 0 Å². The number of aryl methyl sites for hydroxylation is 3. The molecule has 9 heteroatoms. The largest absolute Gasteiger partial charge is 0.403 e. The number of anilines is 1. The van der Waals surface area contributed by atoms with Crippen molar-refractivity contribution in [3.63, 3.8) is 0 Å². The van der Waals surface area contributed by atoms with E-state index in [1.807, 2.05) is 63.2 Å². The quantitative estimate of drug-likeness (QED) is 0.630. The fourth-order valence-corrected chi connectivity index (χ4v) is 6.12. The molecular weight excluding hydrogens is 428 g/mol. The molecule has 1 aromatic heterocycles. The van der Waals surface area contributed by atoms with Crippen LogP contribution in [-0.2, 0) is 14.8 Å². The summed E-state index contributed by atoms with van der Waals surface area (Å²) in [6.45, 7) is 6.16. The zero-order chi connectivity index (χ0) is 22.9. The number of sulfonamides is 1. The van der Waals surface area contributed by atoms with Crippen molar-refractivity contribution in [3.8, 4) is 11.5 Å². The van der Waals surface area contributed by atoms with Gasteiger partial charge in [0.15, 0.2) is 0 Å². The second-order valence-corrected chi connectivity index (χ2v) is 10.0. The van der Waals surface area contributed by atoms with Crippen LogP contribution in [0.4, 0.5) is 6.01 Å². The van der Waals surface area contributed by atoms with Crippen LogP contribution >= 0.6 is 0 Å². The van der Waals surface area contributed by atoms with E-state index in [9.17, 15) is 13.2 Å². The first-order valence-electron chi connectivity index (χ1n) is 10.5. The Kier molecular flexibility index (Phi) is 6.12. The molecule has 32 heavy (non-hydrogen) atoms. The molecule has 4 rings (SSSR count). The highest BCUT2D eigenvalue weighted by Crippen LogP contribution is 2.29. The third-order valence-corrected chi connectivity index (χ3v) is 7.91. The maximum atomic E-state index is 13.2. The number of carbonyl (C=O) groups is 1. The maximum absolute atomic E-state index is 13.2. The average molecular weight is 455 g/mol. The van der Waals surface area contributed by atoms with E-state index in [0.29, 0.717) is 23.6 Å². The Hall–Kier alpha value is -3.04. The smallest absolute Gasteiger partial charge is 0.322 e. The van der Waals surface area contributed by atoms with Crippen LogP contribution < -0.4 is 5.32 Å². The molecule has 168 valence electrons. The Labute approximate surface area is 187 Å². The Morgan fingerprint density at radius 1 is 1.03 bits per heavy atom. The summed E-state index contributed by atoms with van der Waals surface area (Å²) in [5.74, 6) is -0.243. The molecule has 1 aliphatic heterocycles. The van der Waals surface area contributed by atoms with Crippen molar-refractivity contribution in [3.05, 3.63) is 59.2 Å². The van der Waals surface area contributed by atoms with E-state index in [1.54, 1.807) is 0 Å². The first-order valence-corrected chi connectivity index (χ1v) is 12.0. The van der Waals surface area contributed by atoms with Gasteiger partial charge < -0.3 is 4.42 Å². The Bertz CT molecular complexity index is 1210. The van der Waals surface area contributed by atoms with Crippen LogP contribution in [0, 0.1) is 26.7 Å². The molecule has 0 bridgehead atoms. The van der Waals surface area contributed by atoms with Gasteiger partial charge in [-0.1, -0.05) is 41.0 Å². The standard InChI is InChI=1S/C23H26N4O4S/c1-15-13-16(2)20(17(3)14-15)32(29,30)27-11-9-18(10-12-27)21(28)24-23-26-25-22(31-23)19-7-5-4-6-8-19/h4-8,13-14,18H,9-12H2,1-3H3,(H,24,26,28). The summed E-state index contributed by atoms with van der Waals surface area (Å²) in [7, 11) is -3.61. The Morgan fingerprint density at radius 2 is 1.66 bits per heavy atom. The summed E-state index contributed by atoms with van der Waals surface area (Å²) >= 11 is 0. The van der Waals surface area contributed by atoms with Gasteiger partial charge in [-0.25, -0.2) is 8.42 Å². The molecule has 0 unspecified atom stereocenters. The van der Waals surface area contributed by atoms with Crippen LogP contribution in [0.2, 0.25) is 0 Å². The maximum Gasteiger partial charge on any atom is 0.322 e. The molecule has 0 saturated carbocycles. The number of hydrogen-bond donors (Lipinski definition) is 1. The molecule has 3 aromatic rings. The van der Waals surface area contributed by atoms with Crippen molar-refractivity contribution in [1.29, 1.82) is 0 Å². The molecule has 1 amide bonds. The first kappa shape index (κ1) is 22.2. The average Bonchev–Trinajstić information content (AvgIpc) is 3.22. The number of piperidine rings is 1. The highest BCUT2D eigenvalue weighted by Gasteiger charge is 2.34. The Balaban J connectivity index is 1.40. The normalized spacial score (nSPS) is 15.6. The fraction of sp³-hybridized carbons (Fsp3) is 0.348. The minimum absolute atomic E-state index is 0.0369. The predicted molar refractivity (Wildman–Crippen MR) is 120 cm³/mol. The fourth-order valence-electron chi connectivity index (χ4n) is 4.24. The zero-order valence-corrected chi connectivity index (χ0v) is 19.1. The molecule has 1 fully saturated rings. The first-order chi connectivity index (χ1) is 15.3. The van der Waals surface area contributed by atoms with Crippen LogP contribution in [0.1, 0.15) is 29.5 Å². The van der Waals surface area contributed by atoms with E-state index in [1.165, 1.54) is 4.31 Å². The molecule has 1 N–H and O–H groups in total. The van der Waals surface area contributed by atoms with Crippen molar-refractivity contribution in [1.82, 2.24) is 14.5 Å². The summed E-state index contributed by atoms with van der Waals surface area (Å²) < 4.78 is 33.5. The third kappa shape index (κ3) is 4.44. The van der Waals surface area contributed by atoms with Crippen molar-refractivity contribution in [2.45, 2.75) is 38.5 Å². The van der Waals surface area contributed by atoms with Gasteiger partial charge in [-0.15, -0.1) is 5.10 Å². The zero-order valence-electron chi connectivity index (χ0n) is 18.3. The van der Waals surface area contributed by atoms with Crippen LogP contribution in [0.15, 0.2) is 51.8 Å². The Morgan fingerprint density at radius 3 is 2.28 bits per heavy atom. The molecular formula is C23H26N4O4S. The molecule has 1 saturated heterocycles. The molecule has 2 heterocycles. The van der Waals surface area contributed by atoms with Gasteiger partial charge in [-0.2, -0.15) is 4.31 Å². The second kappa shape index (κ2) is 8.84. The number of aromatic nitrogens is 2. The summed E-state index contributed by atoms with van der Waals surface area (Å²) in [5.41, 5.74) is 3.28. The van der Waals surface area contributed by atoms with E-state index in [4.69, 9.17) is 4.42 Å². The molecule has 0 radical (unpaired) electrons. The number of rotatable bonds is 5. The topological polar surface area (TPSA) is 105 Å². The minimum atomic E-state index is -3.61. The lowest BCUT2D eigenvalue weighted by Crippen LogP contribution is -2.41. The minimum Gasteiger partial charge on any atom is -0.403 e. The monoisotopic (exact) mass is 454 g/mol. The summed E-state index contributed by atoms with van der Waals surface area (Å²) in [6, 6.07) is 13.1. The number of amides is 1. The van der Waals surface area contributed by atoms with Gasteiger partial charge in [0, 0.05) is 24.6 Å². The molecule has 0 atom stereocenters. The van der Waals surface area contributed by atoms with Gasteiger partial charge >= 0.3 is 6.01 Å². The lowest BCUT2D eigenvalue weighted by molar-refractivity contribution is -0.121. The lowest BCUT2D eigenvalue weighted by atomic mass is 9.97. The highest BCUT2D eigenvalue weighted by molar-refractivity contribution is 7.89. The van der Waals surface area contributed by atoms with Gasteiger partial charge in [0.1, 0.15) is 0 Å². The summed E-state index contributed by atoms with van der Waals surface area (Å²) in [5, 5.41) is 10.5. The van der Waals surface area contributed by atoms with Crippen molar-refractivity contribution in [2.24, 2.45) is 5.92 Å². The third-order valence-electron chi connectivity index (χ3n) is 5.70. The number of benzene rings is 2. The van der Waals surface area contributed by atoms with E-state index in [-0.39, 0.29) is 30.9 Å². The van der Waals surface area contributed by atoms with E-state index < -0.39 is 10.0 Å². The van der Waals surface area contributed by atoms with Gasteiger partial charge in [0.05, 0.1) is 4.90 Å². The van der Waals surface area contributed by atoms with Crippen LogP contribution in [0.5, 0.6) is 0 Å². The van der Waals surface area contributed by atoms with Gasteiger partial charge in [-0.3, -0.25) is 10.1 Å². The second-order valence-electron chi connectivity index (χ2n) is 8.17. The molecule has 2 aromatic carbocycles. The molecule has 8 nitrogen and oxygen atoms in total. The molecule has 1 aliphatic rings. The van der Waals surface area contributed by atoms with Gasteiger partial charge in [-0.05, 0) is 56.9 Å². The number of hydrogen-bond acceptors (Lipinski definition) is 6. The van der Waals surface area contributed by atoms with E-state index in [0.717, 1.165) is 22.3 Å². The van der Waals surface area contributed by atoms with Gasteiger partial charge in [0.2, 0.25) is 21.8 Å². The summed E-state index contributed by atoms with van der Waals surface area (Å²) in [6.07, 6.45) is 0.851. The lowest BCUT2D eigenvalue weighted by Gasteiger charge is -2.31. The van der Waals surface area contributed by atoms with E-state index >= 15 is 0 Å². The molecule has 0 spiro atoms. The van der Waals surface area contributed by atoms with E-state index in [2.05, 4.69) is 15.5 Å². The van der Waals surface area contributed by atoms with Crippen molar-refractivity contribution in [2.75, 3.05) is 18.4 Å². The number of nitrogens with one attached hydrogen (secondary N) is 1. The van der Waals surface area contributed by atoms with Crippen LogP contribution in [0.25, 0.3) is 11.5 Å². The summed E-state index contributed by atoms with van der Waals surface area (Å²) in [4.78, 5) is 13.0. The molecule has 0 aliphatic carbocycles. The predicted octanol–water partition coefficient (Wildman–Crippen LogP) is 3.70. The SMILES string of the molecule is Cc1cc(C)c(S(=O)(=O)N2CCC(C(=O)Nc3nnc(-c4ccccc4)o3)CC2)c(C)c1. The number of nitrogens with zero attached hydrogens (tertiary/aromatic N) is 3. The van der Waals surface area contributed by atoms with Crippen molar-refractivity contribution < 1.29 is 17.6 Å².